The van der Waals surface area contributed by atoms with Crippen LogP contribution in [0.5, 0.6) is 17.2 Å². The molecule has 1 unspecified atom stereocenters. The Morgan fingerprint density at radius 2 is 1.84 bits per heavy atom. The first-order valence-electron chi connectivity index (χ1n) is 6.83. The summed E-state index contributed by atoms with van der Waals surface area (Å²) in [6, 6.07) is 4.39. The molecule has 1 saturated heterocycles. The number of phenols is 1. The molecule has 106 valence electrons. The second-order valence-corrected chi connectivity index (χ2v) is 5.16. The van der Waals surface area contributed by atoms with Crippen LogP contribution in [0.3, 0.4) is 0 Å². The summed E-state index contributed by atoms with van der Waals surface area (Å²) in [6.45, 7) is 4.27. The minimum absolute atomic E-state index is 0.0699. The number of hydrogen-bond acceptors (Lipinski definition) is 4. The Bertz CT molecular complexity index is 408. The van der Waals surface area contributed by atoms with Crippen LogP contribution >= 0.6 is 0 Å². The number of piperidine rings is 1. The fraction of sp³-hybridized carbons (Fsp3) is 0.600. The minimum Gasteiger partial charge on any atom is -0.502 e. The normalized spacial score (nSPS) is 20.3. The lowest BCUT2D eigenvalue weighted by atomic mass is 10.0. The fourth-order valence-electron chi connectivity index (χ4n) is 2.67. The number of aromatic hydroxyl groups is 1. The second-order valence-electron chi connectivity index (χ2n) is 5.16. The van der Waals surface area contributed by atoms with Crippen molar-refractivity contribution >= 4 is 0 Å². The van der Waals surface area contributed by atoms with Gasteiger partial charge in [0.25, 0.3) is 0 Å². The van der Waals surface area contributed by atoms with Crippen LogP contribution in [0.2, 0.25) is 0 Å². The van der Waals surface area contributed by atoms with Gasteiger partial charge in [0.2, 0.25) is 5.75 Å². The zero-order valence-electron chi connectivity index (χ0n) is 12.0. The first kappa shape index (κ1) is 14.0. The molecule has 1 atom stereocenters. The number of nitrogens with zero attached hydrogens (tertiary/aromatic N) is 1. The molecule has 0 saturated carbocycles. The Balaban J connectivity index is 2.19. The van der Waals surface area contributed by atoms with Gasteiger partial charge in [-0.3, -0.25) is 4.90 Å². The summed E-state index contributed by atoms with van der Waals surface area (Å²) >= 11 is 0. The van der Waals surface area contributed by atoms with Crippen LogP contribution < -0.4 is 9.47 Å². The first-order chi connectivity index (χ1) is 9.15. The lowest BCUT2D eigenvalue weighted by Gasteiger charge is -2.33. The quantitative estimate of drug-likeness (QED) is 0.909. The molecule has 4 nitrogen and oxygen atoms in total. The van der Waals surface area contributed by atoms with Crippen LogP contribution in [-0.4, -0.2) is 36.8 Å². The summed E-state index contributed by atoms with van der Waals surface area (Å²) in [6.07, 6.45) is 3.84. The van der Waals surface area contributed by atoms with Crippen molar-refractivity contribution in [2.24, 2.45) is 0 Å². The number of benzene rings is 1. The zero-order valence-corrected chi connectivity index (χ0v) is 12.0. The van der Waals surface area contributed by atoms with Crippen LogP contribution in [0.15, 0.2) is 12.1 Å². The maximum absolute atomic E-state index is 9.91. The van der Waals surface area contributed by atoms with Gasteiger partial charge in [-0.05, 0) is 44.0 Å². The van der Waals surface area contributed by atoms with E-state index in [1.54, 1.807) is 14.2 Å². The Labute approximate surface area is 114 Å². The molecule has 1 aliphatic heterocycles. The lowest BCUT2D eigenvalue weighted by molar-refractivity contribution is 0.152. The van der Waals surface area contributed by atoms with Crippen LogP contribution in [0, 0.1) is 0 Å². The standard InChI is InChI=1S/C15H23NO3/c1-11-6-4-5-7-16(11)10-12-8-13(18-2)15(17)14(9-12)19-3/h8-9,11,17H,4-7,10H2,1-3H3. The number of hydrogen-bond donors (Lipinski definition) is 1. The highest BCUT2D eigenvalue weighted by molar-refractivity contribution is 5.52. The van der Waals surface area contributed by atoms with Gasteiger partial charge in [0.15, 0.2) is 11.5 Å². The predicted octanol–water partition coefficient (Wildman–Crippen LogP) is 2.78. The van der Waals surface area contributed by atoms with Gasteiger partial charge in [-0.2, -0.15) is 0 Å². The van der Waals surface area contributed by atoms with Gasteiger partial charge in [0.1, 0.15) is 0 Å². The Morgan fingerprint density at radius 1 is 1.21 bits per heavy atom. The van der Waals surface area contributed by atoms with E-state index in [9.17, 15) is 5.11 Å². The molecular weight excluding hydrogens is 242 g/mol. The van der Waals surface area contributed by atoms with Crippen molar-refractivity contribution in [1.29, 1.82) is 0 Å². The summed E-state index contributed by atoms with van der Waals surface area (Å²) in [5.41, 5.74) is 1.11. The molecule has 0 aliphatic carbocycles. The molecule has 19 heavy (non-hydrogen) atoms. The fourth-order valence-corrected chi connectivity index (χ4v) is 2.67. The molecule has 1 fully saturated rings. The van der Waals surface area contributed by atoms with Gasteiger partial charge in [0.05, 0.1) is 14.2 Å². The molecule has 4 heteroatoms. The van der Waals surface area contributed by atoms with Crippen LogP contribution in [0.1, 0.15) is 31.7 Å². The van der Waals surface area contributed by atoms with E-state index in [4.69, 9.17) is 9.47 Å². The molecule has 0 amide bonds. The summed E-state index contributed by atoms with van der Waals surface area (Å²) in [5, 5.41) is 9.91. The molecule has 0 aromatic heterocycles. The van der Waals surface area contributed by atoms with Gasteiger partial charge < -0.3 is 14.6 Å². The number of ether oxygens (including phenoxy) is 2. The van der Waals surface area contributed by atoms with Crippen molar-refractivity contribution in [1.82, 2.24) is 4.90 Å². The lowest BCUT2D eigenvalue weighted by Crippen LogP contribution is -2.36. The molecule has 1 aliphatic rings. The highest BCUT2D eigenvalue weighted by Gasteiger charge is 2.19. The van der Waals surface area contributed by atoms with E-state index in [1.807, 2.05) is 12.1 Å². The molecule has 1 heterocycles. The second kappa shape index (κ2) is 6.15. The van der Waals surface area contributed by atoms with Gasteiger partial charge in [-0.1, -0.05) is 6.42 Å². The Kier molecular flexibility index (Phi) is 4.53. The van der Waals surface area contributed by atoms with Crippen molar-refractivity contribution in [3.63, 3.8) is 0 Å². The van der Waals surface area contributed by atoms with E-state index in [0.29, 0.717) is 17.5 Å². The van der Waals surface area contributed by atoms with Gasteiger partial charge in [-0.15, -0.1) is 0 Å². The van der Waals surface area contributed by atoms with Crippen molar-refractivity contribution in [2.45, 2.75) is 38.8 Å². The Morgan fingerprint density at radius 3 is 2.37 bits per heavy atom. The van der Waals surface area contributed by atoms with Crippen molar-refractivity contribution in [3.05, 3.63) is 17.7 Å². The average Bonchev–Trinajstić information content (AvgIpc) is 2.43. The molecule has 0 bridgehead atoms. The number of phenolic OH excluding ortho intramolecular Hbond substituents is 1. The molecule has 1 aromatic carbocycles. The molecule has 0 radical (unpaired) electrons. The monoisotopic (exact) mass is 265 g/mol. The SMILES string of the molecule is COc1cc(CN2CCCCC2C)cc(OC)c1O. The van der Waals surface area contributed by atoms with Gasteiger partial charge >= 0.3 is 0 Å². The third-order valence-corrected chi connectivity index (χ3v) is 3.87. The minimum atomic E-state index is 0.0699. The van der Waals surface area contributed by atoms with Crippen LogP contribution in [0.25, 0.3) is 0 Å². The highest BCUT2D eigenvalue weighted by Crippen LogP contribution is 2.37. The van der Waals surface area contributed by atoms with E-state index < -0.39 is 0 Å². The molecule has 2 rings (SSSR count). The third kappa shape index (κ3) is 3.13. The maximum Gasteiger partial charge on any atom is 0.200 e. The van der Waals surface area contributed by atoms with Gasteiger partial charge in [0, 0.05) is 12.6 Å². The Hall–Kier alpha value is -1.42. The van der Waals surface area contributed by atoms with E-state index >= 15 is 0 Å². The molecule has 0 spiro atoms. The number of methoxy groups -OCH3 is 2. The maximum atomic E-state index is 9.91. The third-order valence-electron chi connectivity index (χ3n) is 3.87. The first-order valence-corrected chi connectivity index (χ1v) is 6.83. The summed E-state index contributed by atoms with van der Waals surface area (Å²) in [5.74, 6) is 1.01. The highest BCUT2D eigenvalue weighted by atomic mass is 16.5. The van der Waals surface area contributed by atoms with Crippen molar-refractivity contribution in [3.8, 4) is 17.2 Å². The van der Waals surface area contributed by atoms with E-state index in [0.717, 1.165) is 18.7 Å². The van der Waals surface area contributed by atoms with E-state index in [2.05, 4.69) is 11.8 Å². The summed E-state index contributed by atoms with van der Waals surface area (Å²) in [7, 11) is 3.11. The summed E-state index contributed by atoms with van der Waals surface area (Å²) in [4.78, 5) is 2.47. The number of likely N-dealkylation sites (tertiary alicyclic amines) is 1. The van der Waals surface area contributed by atoms with Crippen LogP contribution in [0.4, 0.5) is 0 Å². The topological polar surface area (TPSA) is 41.9 Å². The largest absolute Gasteiger partial charge is 0.502 e. The molecule has 1 N–H and O–H groups in total. The molecule has 1 aromatic rings. The smallest absolute Gasteiger partial charge is 0.200 e. The van der Waals surface area contributed by atoms with E-state index in [1.165, 1.54) is 19.3 Å². The molecular formula is C15H23NO3. The van der Waals surface area contributed by atoms with Crippen molar-refractivity contribution in [2.75, 3.05) is 20.8 Å². The number of rotatable bonds is 4. The van der Waals surface area contributed by atoms with Crippen molar-refractivity contribution < 1.29 is 14.6 Å². The average molecular weight is 265 g/mol. The predicted molar refractivity (Wildman–Crippen MR) is 74.9 cm³/mol. The van der Waals surface area contributed by atoms with E-state index in [-0.39, 0.29) is 5.75 Å². The summed E-state index contributed by atoms with van der Waals surface area (Å²) < 4.78 is 10.4. The van der Waals surface area contributed by atoms with Gasteiger partial charge in [-0.25, -0.2) is 0 Å². The zero-order chi connectivity index (χ0) is 13.8. The van der Waals surface area contributed by atoms with Crippen LogP contribution in [-0.2, 0) is 6.54 Å².